The highest BCUT2D eigenvalue weighted by atomic mass is 35.5. The van der Waals surface area contributed by atoms with Gasteiger partial charge in [-0.1, -0.05) is 29.8 Å². The first-order chi connectivity index (χ1) is 13.9. The minimum absolute atomic E-state index is 0.0611. The number of aryl methyl sites for hydroxylation is 1. The highest BCUT2D eigenvalue weighted by Gasteiger charge is 2.22. The molecule has 0 aliphatic carbocycles. The first-order valence-electron chi connectivity index (χ1n) is 9.08. The number of thioether (sulfide) groups is 1. The molecule has 152 valence electrons. The van der Waals surface area contributed by atoms with E-state index in [4.69, 9.17) is 16.0 Å². The molecule has 0 spiro atoms. The van der Waals surface area contributed by atoms with Crippen molar-refractivity contribution in [2.45, 2.75) is 18.0 Å². The molecule has 6 nitrogen and oxygen atoms in total. The lowest BCUT2D eigenvalue weighted by molar-refractivity contribution is 0.0937. The number of carbonyl (C=O) groups is 1. The van der Waals surface area contributed by atoms with Crippen LogP contribution in [0, 0.1) is 6.92 Å². The van der Waals surface area contributed by atoms with Gasteiger partial charge in [0.2, 0.25) is 0 Å². The Morgan fingerprint density at radius 1 is 1.24 bits per heavy atom. The van der Waals surface area contributed by atoms with Crippen LogP contribution in [0.1, 0.15) is 27.7 Å². The second kappa shape index (κ2) is 9.43. The molecule has 2 heterocycles. The van der Waals surface area contributed by atoms with Crippen molar-refractivity contribution in [1.82, 2.24) is 20.2 Å². The first-order valence-corrected chi connectivity index (χ1v) is 10.7. The monoisotopic (exact) mass is 430 g/mol. The Morgan fingerprint density at radius 2 is 2.00 bits per heavy atom. The molecule has 0 radical (unpaired) electrons. The van der Waals surface area contributed by atoms with Gasteiger partial charge in [-0.05, 0) is 51.0 Å². The molecule has 0 saturated heterocycles. The molecule has 1 aromatic carbocycles. The number of hydrogen-bond donors (Lipinski definition) is 1. The summed E-state index contributed by atoms with van der Waals surface area (Å²) in [7, 11) is 3.92. The van der Waals surface area contributed by atoms with Crippen LogP contribution in [0.2, 0.25) is 5.02 Å². The van der Waals surface area contributed by atoms with Crippen molar-refractivity contribution in [2.24, 2.45) is 0 Å². The third-order valence-electron chi connectivity index (χ3n) is 4.56. The second-order valence-corrected chi connectivity index (χ2v) is 7.91. The smallest absolute Gasteiger partial charge is 0.255 e. The average molecular weight is 431 g/mol. The zero-order valence-electron chi connectivity index (χ0n) is 16.8. The molecule has 0 aliphatic rings. The molecule has 0 saturated carbocycles. The number of rotatable bonds is 7. The quantitative estimate of drug-likeness (QED) is 0.441. The highest BCUT2D eigenvalue weighted by Crippen LogP contribution is 2.27. The normalized spacial score (nSPS) is 12.2. The fraction of sp³-hybridized carbons (Fsp3) is 0.286. The Bertz CT molecular complexity index is 992. The number of carbonyl (C=O) groups excluding carboxylic acids is 1. The van der Waals surface area contributed by atoms with E-state index in [1.807, 2.05) is 49.5 Å². The van der Waals surface area contributed by atoms with E-state index in [-0.39, 0.29) is 11.9 Å². The standard InChI is InChI=1S/C21H23ClN4O2S/c1-13-18(21(29-4)25-19(24-13)17-10-7-11-28-17)20(27)23-12-16(26(2)3)14-8-5-6-9-15(14)22/h5-11,16H,12H2,1-4H3,(H,23,27). The number of furan rings is 1. The fourth-order valence-electron chi connectivity index (χ4n) is 3.07. The third kappa shape index (κ3) is 4.80. The zero-order chi connectivity index (χ0) is 21.0. The van der Waals surface area contributed by atoms with E-state index < -0.39 is 0 Å². The van der Waals surface area contributed by atoms with Crippen LogP contribution in [0.5, 0.6) is 0 Å². The molecule has 0 bridgehead atoms. The van der Waals surface area contributed by atoms with Gasteiger partial charge in [0.1, 0.15) is 5.03 Å². The van der Waals surface area contributed by atoms with Crippen molar-refractivity contribution in [2.75, 3.05) is 26.9 Å². The minimum atomic E-state index is -0.211. The predicted octanol–water partition coefficient (Wildman–Crippen LogP) is 4.45. The van der Waals surface area contributed by atoms with Gasteiger partial charge < -0.3 is 14.6 Å². The van der Waals surface area contributed by atoms with E-state index in [9.17, 15) is 4.79 Å². The lowest BCUT2D eigenvalue weighted by atomic mass is 10.1. The molecule has 1 amide bonds. The van der Waals surface area contributed by atoms with Gasteiger partial charge in [0.15, 0.2) is 11.6 Å². The van der Waals surface area contributed by atoms with Crippen LogP contribution in [0.15, 0.2) is 52.1 Å². The summed E-state index contributed by atoms with van der Waals surface area (Å²) in [6, 6.07) is 11.2. The number of nitrogens with one attached hydrogen (secondary N) is 1. The number of nitrogens with zero attached hydrogens (tertiary/aromatic N) is 3. The van der Waals surface area contributed by atoms with Crippen LogP contribution in [-0.2, 0) is 0 Å². The highest BCUT2D eigenvalue weighted by molar-refractivity contribution is 7.98. The van der Waals surface area contributed by atoms with Crippen LogP contribution < -0.4 is 5.32 Å². The SMILES string of the molecule is CSc1nc(-c2ccco2)nc(C)c1C(=O)NCC(c1ccccc1Cl)N(C)C. The molecule has 2 aromatic heterocycles. The Kier molecular flexibility index (Phi) is 6.95. The summed E-state index contributed by atoms with van der Waals surface area (Å²) in [5.41, 5.74) is 2.04. The molecule has 1 atom stereocenters. The van der Waals surface area contributed by atoms with Crippen molar-refractivity contribution in [3.63, 3.8) is 0 Å². The van der Waals surface area contributed by atoms with E-state index in [1.54, 1.807) is 25.3 Å². The maximum Gasteiger partial charge on any atom is 0.255 e. The van der Waals surface area contributed by atoms with E-state index >= 15 is 0 Å². The number of hydrogen-bond acceptors (Lipinski definition) is 6. The number of aromatic nitrogens is 2. The summed E-state index contributed by atoms with van der Waals surface area (Å²) >= 11 is 7.77. The Labute approximate surface area is 179 Å². The molecular weight excluding hydrogens is 408 g/mol. The van der Waals surface area contributed by atoms with Crippen molar-refractivity contribution < 1.29 is 9.21 Å². The van der Waals surface area contributed by atoms with E-state index in [0.29, 0.717) is 39.4 Å². The fourth-order valence-corrected chi connectivity index (χ4v) is 3.95. The van der Waals surface area contributed by atoms with E-state index in [2.05, 4.69) is 15.3 Å². The molecule has 0 fully saturated rings. The largest absolute Gasteiger partial charge is 0.461 e. The summed E-state index contributed by atoms with van der Waals surface area (Å²) < 4.78 is 5.39. The Balaban J connectivity index is 1.84. The van der Waals surface area contributed by atoms with E-state index in [1.165, 1.54) is 11.8 Å². The van der Waals surface area contributed by atoms with Gasteiger partial charge >= 0.3 is 0 Å². The number of amides is 1. The van der Waals surface area contributed by atoms with Gasteiger partial charge in [-0.25, -0.2) is 9.97 Å². The summed E-state index contributed by atoms with van der Waals surface area (Å²) in [5, 5.41) is 4.31. The lowest BCUT2D eigenvalue weighted by Gasteiger charge is -2.26. The molecule has 0 aliphatic heterocycles. The summed E-state index contributed by atoms with van der Waals surface area (Å²) in [4.78, 5) is 24.0. The Morgan fingerprint density at radius 3 is 2.62 bits per heavy atom. The maximum atomic E-state index is 13.0. The molecule has 3 aromatic rings. The van der Waals surface area contributed by atoms with Crippen molar-refractivity contribution in [3.05, 3.63) is 64.5 Å². The number of likely N-dealkylation sites (N-methyl/N-ethyl adjacent to an activating group) is 1. The molecule has 8 heteroatoms. The second-order valence-electron chi connectivity index (χ2n) is 6.71. The summed E-state index contributed by atoms with van der Waals surface area (Å²) in [6.45, 7) is 2.21. The van der Waals surface area contributed by atoms with Crippen molar-refractivity contribution in [3.8, 4) is 11.6 Å². The first kappa shape index (κ1) is 21.4. The van der Waals surface area contributed by atoms with Crippen molar-refractivity contribution in [1.29, 1.82) is 0 Å². The van der Waals surface area contributed by atoms with Gasteiger partial charge in [0, 0.05) is 11.6 Å². The van der Waals surface area contributed by atoms with Crippen LogP contribution in [-0.4, -0.2) is 47.7 Å². The number of halogens is 1. The predicted molar refractivity (Wildman–Crippen MR) is 116 cm³/mol. The zero-order valence-corrected chi connectivity index (χ0v) is 18.3. The lowest BCUT2D eigenvalue weighted by Crippen LogP contribution is -2.35. The average Bonchev–Trinajstić information content (AvgIpc) is 3.23. The van der Waals surface area contributed by atoms with Gasteiger partial charge in [-0.3, -0.25) is 4.79 Å². The minimum Gasteiger partial charge on any atom is -0.461 e. The van der Waals surface area contributed by atoms with Crippen LogP contribution in [0.25, 0.3) is 11.6 Å². The summed E-state index contributed by atoms with van der Waals surface area (Å²) in [6.07, 6.45) is 3.46. The molecule has 1 N–H and O–H groups in total. The van der Waals surface area contributed by atoms with Gasteiger partial charge in [-0.15, -0.1) is 11.8 Å². The Hall–Kier alpha value is -2.35. The van der Waals surface area contributed by atoms with Gasteiger partial charge in [0.25, 0.3) is 5.91 Å². The maximum absolute atomic E-state index is 13.0. The molecule has 1 unspecified atom stereocenters. The van der Waals surface area contributed by atoms with Gasteiger partial charge in [0.05, 0.1) is 23.6 Å². The van der Waals surface area contributed by atoms with Crippen LogP contribution in [0.3, 0.4) is 0 Å². The van der Waals surface area contributed by atoms with E-state index in [0.717, 1.165) is 5.56 Å². The third-order valence-corrected chi connectivity index (χ3v) is 5.59. The summed E-state index contributed by atoms with van der Waals surface area (Å²) in [5.74, 6) is 0.828. The van der Waals surface area contributed by atoms with Crippen LogP contribution in [0.4, 0.5) is 0 Å². The molecule has 3 rings (SSSR count). The van der Waals surface area contributed by atoms with Crippen LogP contribution >= 0.6 is 23.4 Å². The van der Waals surface area contributed by atoms with Gasteiger partial charge in [-0.2, -0.15) is 0 Å². The number of benzene rings is 1. The molecular formula is C21H23ClN4O2S. The topological polar surface area (TPSA) is 71.3 Å². The molecule has 29 heavy (non-hydrogen) atoms. The van der Waals surface area contributed by atoms with Crippen molar-refractivity contribution >= 4 is 29.3 Å².